The third-order valence-corrected chi connectivity index (χ3v) is 7.79. The first-order valence-electron chi connectivity index (χ1n) is 11.9. The molecule has 1 saturated heterocycles. The lowest BCUT2D eigenvalue weighted by molar-refractivity contribution is -0.133. The Morgan fingerprint density at radius 3 is 2.52 bits per heavy atom. The molecular formula is C23H35N5O2S. The number of hydrogen-bond donors (Lipinski definition) is 0. The lowest BCUT2D eigenvalue weighted by Gasteiger charge is -2.40. The fraction of sp³-hybridized carbons (Fsp3) is 0.696. The summed E-state index contributed by atoms with van der Waals surface area (Å²) in [5.41, 5.74) is 0.718. The highest BCUT2D eigenvalue weighted by atomic mass is 32.1. The van der Waals surface area contributed by atoms with Crippen molar-refractivity contribution in [1.29, 1.82) is 0 Å². The van der Waals surface area contributed by atoms with E-state index < -0.39 is 0 Å². The molecule has 2 aromatic rings. The molecule has 7 nitrogen and oxygen atoms in total. The molecule has 31 heavy (non-hydrogen) atoms. The number of aromatic nitrogens is 2. The molecule has 1 aliphatic heterocycles. The Balaban J connectivity index is 1.42. The Morgan fingerprint density at radius 2 is 1.84 bits per heavy atom. The minimum absolute atomic E-state index is 0.0307. The second kappa shape index (κ2) is 10.1. The maximum atomic E-state index is 13.1. The molecule has 8 heteroatoms. The largest absolute Gasteiger partial charge is 0.343 e. The van der Waals surface area contributed by atoms with Crippen LogP contribution in [0, 0.1) is 0 Å². The van der Waals surface area contributed by atoms with E-state index in [0.717, 1.165) is 44.8 Å². The molecule has 0 unspecified atom stereocenters. The molecule has 170 valence electrons. The number of carbonyl (C=O) groups excluding carboxylic acids is 1. The van der Waals surface area contributed by atoms with Crippen molar-refractivity contribution in [2.24, 2.45) is 0 Å². The first kappa shape index (κ1) is 22.3. The number of anilines is 1. The summed E-state index contributed by atoms with van der Waals surface area (Å²) >= 11 is 1.42. The number of carbonyl (C=O) groups is 1. The molecule has 0 radical (unpaired) electrons. The zero-order valence-corrected chi connectivity index (χ0v) is 19.7. The van der Waals surface area contributed by atoms with E-state index >= 15 is 0 Å². The van der Waals surface area contributed by atoms with E-state index in [1.807, 2.05) is 16.3 Å². The highest BCUT2D eigenvalue weighted by Gasteiger charge is 2.27. The van der Waals surface area contributed by atoms with Crippen molar-refractivity contribution < 1.29 is 4.79 Å². The van der Waals surface area contributed by atoms with Gasteiger partial charge in [0.2, 0.25) is 11.9 Å². The van der Waals surface area contributed by atoms with E-state index in [0.29, 0.717) is 29.7 Å². The van der Waals surface area contributed by atoms with Gasteiger partial charge in [-0.1, -0.05) is 19.3 Å². The zero-order valence-electron chi connectivity index (χ0n) is 18.9. The van der Waals surface area contributed by atoms with Gasteiger partial charge in [-0.25, -0.2) is 4.98 Å². The highest BCUT2D eigenvalue weighted by molar-refractivity contribution is 7.17. The SMILES string of the molecule is CCN(CC)c1nc2ccsc2c(=O)n1CCC(=O)N1CCN(C2CCCCC2)CC1. The van der Waals surface area contributed by atoms with Gasteiger partial charge in [0.1, 0.15) is 4.70 Å². The minimum atomic E-state index is -0.0307. The van der Waals surface area contributed by atoms with Gasteiger partial charge >= 0.3 is 0 Å². The van der Waals surface area contributed by atoms with Gasteiger partial charge in [-0.2, -0.15) is 0 Å². The van der Waals surface area contributed by atoms with E-state index in [-0.39, 0.29) is 11.5 Å². The van der Waals surface area contributed by atoms with Gasteiger partial charge in [0, 0.05) is 58.3 Å². The summed E-state index contributed by atoms with van der Waals surface area (Å²) < 4.78 is 2.38. The number of thiophene rings is 1. The molecule has 0 N–H and O–H groups in total. The average Bonchev–Trinajstić information content (AvgIpc) is 3.29. The topological polar surface area (TPSA) is 61.7 Å². The van der Waals surface area contributed by atoms with Crippen LogP contribution in [0.15, 0.2) is 16.2 Å². The molecule has 2 aromatic heterocycles. The summed E-state index contributed by atoms with van der Waals surface area (Å²) in [5.74, 6) is 0.822. The highest BCUT2D eigenvalue weighted by Crippen LogP contribution is 2.24. The van der Waals surface area contributed by atoms with Crippen LogP contribution in [0.3, 0.4) is 0 Å². The second-order valence-electron chi connectivity index (χ2n) is 8.63. The van der Waals surface area contributed by atoms with Gasteiger partial charge < -0.3 is 9.80 Å². The van der Waals surface area contributed by atoms with Gasteiger partial charge in [-0.3, -0.25) is 19.1 Å². The van der Waals surface area contributed by atoms with Gasteiger partial charge in [0.25, 0.3) is 5.56 Å². The van der Waals surface area contributed by atoms with Gasteiger partial charge in [-0.05, 0) is 38.1 Å². The number of rotatable bonds is 7. The normalized spacial score (nSPS) is 18.6. The Labute approximate surface area is 188 Å². The summed E-state index contributed by atoms with van der Waals surface area (Å²) in [6, 6.07) is 2.61. The van der Waals surface area contributed by atoms with Crippen molar-refractivity contribution in [2.75, 3.05) is 44.2 Å². The van der Waals surface area contributed by atoms with Crippen LogP contribution in [-0.4, -0.2) is 70.6 Å². The van der Waals surface area contributed by atoms with E-state index in [4.69, 9.17) is 4.98 Å². The van der Waals surface area contributed by atoms with Crippen molar-refractivity contribution in [3.8, 4) is 0 Å². The number of fused-ring (bicyclic) bond motifs is 1. The molecule has 4 rings (SSSR count). The van der Waals surface area contributed by atoms with Gasteiger partial charge in [0.05, 0.1) is 5.52 Å². The fourth-order valence-corrected chi connectivity index (χ4v) is 5.81. The lowest BCUT2D eigenvalue weighted by atomic mass is 9.94. The summed E-state index contributed by atoms with van der Waals surface area (Å²) in [6.07, 6.45) is 7.02. The van der Waals surface area contributed by atoms with Gasteiger partial charge in [-0.15, -0.1) is 11.3 Å². The molecule has 0 atom stereocenters. The molecule has 0 bridgehead atoms. The minimum Gasteiger partial charge on any atom is -0.343 e. The standard InChI is InChI=1S/C23H35N5O2S/c1-3-25(4-2)23-24-19-11-17-31-21(19)22(30)28(23)12-10-20(29)27-15-13-26(14-16-27)18-8-6-5-7-9-18/h11,17-18H,3-10,12-16H2,1-2H3. The van der Waals surface area contributed by atoms with Crippen molar-refractivity contribution in [1.82, 2.24) is 19.4 Å². The molecule has 3 heterocycles. The van der Waals surface area contributed by atoms with Crippen molar-refractivity contribution in [2.45, 2.75) is 65.0 Å². The number of nitrogens with zero attached hydrogens (tertiary/aromatic N) is 5. The summed E-state index contributed by atoms with van der Waals surface area (Å²) in [6.45, 7) is 9.61. The van der Waals surface area contributed by atoms with E-state index in [9.17, 15) is 9.59 Å². The van der Waals surface area contributed by atoms with Crippen LogP contribution in [0.1, 0.15) is 52.4 Å². The quantitative estimate of drug-likeness (QED) is 0.655. The van der Waals surface area contributed by atoms with Crippen LogP contribution in [0.5, 0.6) is 0 Å². The molecule has 2 fully saturated rings. The van der Waals surface area contributed by atoms with Crippen molar-refractivity contribution >= 4 is 33.4 Å². The molecule has 1 saturated carbocycles. The van der Waals surface area contributed by atoms with Crippen molar-refractivity contribution in [3.63, 3.8) is 0 Å². The molecule has 0 spiro atoms. The van der Waals surface area contributed by atoms with Crippen LogP contribution >= 0.6 is 11.3 Å². The maximum absolute atomic E-state index is 13.1. The van der Waals surface area contributed by atoms with E-state index in [1.165, 1.54) is 43.4 Å². The Hall–Kier alpha value is -1.93. The van der Waals surface area contributed by atoms with Crippen LogP contribution in [0.4, 0.5) is 5.95 Å². The summed E-state index contributed by atoms with van der Waals surface area (Å²) in [7, 11) is 0. The van der Waals surface area contributed by atoms with Crippen LogP contribution in [-0.2, 0) is 11.3 Å². The van der Waals surface area contributed by atoms with E-state index in [1.54, 1.807) is 4.57 Å². The van der Waals surface area contributed by atoms with Gasteiger partial charge in [0.15, 0.2) is 0 Å². The second-order valence-corrected chi connectivity index (χ2v) is 9.55. The predicted octanol–water partition coefficient (Wildman–Crippen LogP) is 3.17. The lowest BCUT2D eigenvalue weighted by Crippen LogP contribution is -2.52. The average molecular weight is 446 g/mol. The Morgan fingerprint density at radius 1 is 1.13 bits per heavy atom. The number of hydrogen-bond acceptors (Lipinski definition) is 6. The van der Waals surface area contributed by atoms with E-state index in [2.05, 4.69) is 23.6 Å². The first-order chi connectivity index (χ1) is 15.1. The summed E-state index contributed by atoms with van der Waals surface area (Å²) in [4.78, 5) is 37.5. The molecule has 2 aliphatic rings. The number of amides is 1. The third-order valence-electron chi connectivity index (χ3n) is 6.90. The molecular weight excluding hydrogens is 410 g/mol. The summed E-state index contributed by atoms with van der Waals surface area (Å²) in [5, 5.41) is 1.91. The van der Waals surface area contributed by atoms with Crippen LogP contribution < -0.4 is 10.5 Å². The molecule has 0 aromatic carbocycles. The molecule has 1 aliphatic carbocycles. The predicted molar refractivity (Wildman–Crippen MR) is 127 cm³/mol. The fourth-order valence-electron chi connectivity index (χ4n) is 5.03. The number of piperazine rings is 1. The Bertz CT molecular complexity index is 937. The van der Waals surface area contributed by atoms with Crippen LogP contribution in [0.25, 0.3) is 10.2 Å². The van der Waals surface area contributed by atoms with Crippen molar-refractivity contribution in [3.05, 3.63) is 21.8 Å². The first-order valence-corrected chi connectivity index (χ1v) is 12.7. The molecule has 1 amide bonds. The maximum Gasteiger partial charge on any atom is 0.272 e. The zero-order chi connectivity index (χ0) is 21.8. The monoisotopic (exact) mass is 445 g/mol. The van der Waals surface area contributed by atoms with Crippen LogP contribution in [0.2, 0.25) is 0 Å². The smallest absolute Gasteiger partial charge is 0.272 e. The Kier molecular flexibility index (Phi) is 7.27. The third kappa shape index (κ3) is 4.80.